The van der Waals surface area contributed by atoms with Crippen molar-refractivity contribution in [3.63, 3.8) is 0 Å². The number of hydrogen-bond acceptors (Lipinski definition) is 4. The molecular formula is C21H16Cl2N2OS2. The van der Waals surface area contributed by atoms with Gasteiger partial charge in [0.05, 0.1) is 5.52 Å². The third-order valence-electron chi connectivity index (χ3n) is 4.38. The van der Waals surface area contributed by atoms with Crippen molar-refractivity contribution in [2.24, 2.45) is 0 Å². The molecule has 0 aliphatic carbocycles. The van der Waals surface area contributed by atoms with Crippen molar-refractivity contribution in [3.05, 3.63) is 91.5 Å². The summed E-state index contributed by atoms with van der Waals surface area (Å²) >= 11 is 15.2. The van der Waals surface area contributed by atoms with E-state index < -0.39 is 0 Å². The summed E-state index contributed by atoms with van der Waals surface area (Å²) in [7, 11) is 0. The largest absolute Gasteiger partial charge is 0.286 e. The molecule has 0 bridgehead atoms. The quantitative estimate of drug-likeness (QED) is 0.257. The molecule has 2 heterocycles. The van der Waals surface area contributed by atoms with Crippen LogP contribution in [0.2, 0.25) is 10.0 Å². The lowest BCUT2D eigenvalue weighted by Crippen LogP contribution is -2.23. The van der Waals surface area contributed by atoms with Gasteiger partial charge in [0.15, 0.2) is 5.16 Å². The molecule has 0 radical (unpaired) electrons. The molecule has 4 aromatic rings. The first-order valence-electron chi connectivity index (χ1n) is 8.70. The Bertz CT molecular complexity index is 1170. The molecule has 0 saturated heterocycles. The van der Waals surface area contributed by atoms with Gasteiger partial charge in [-0.2, -0.15) is 0 Å². The molecule has 0 amide bonds. The SMILES string of the molecule is O=c1c2sccc2nc(SCc2ccccc2Cl)n1CCc1ccc(Cl)cc1. The molecule has 3 nitrogen and oxygen atoms in total. The molecule has 142 valence electrons. The maximum Gasteiger partial charge on any atom is 0.272 e. The van der Waals surface area contributed by atoms with E-state index in [1.165, 1.54) is 23.1 Å². The van der Waals surface area contributed by atoms with E-state index in [2.05, 4.69) is 0 Å². The standard InChI is InChI=1S/C21H16Cl2N2OS2/c22-16-7-5-14(6-8-16)9-11-25-20(26)19-18(10-12-27-19)24-21(25)28-13-15-3-1-2-4-17(15)23/h1-8,10,12H,9,11,13H2. The van der Waals surface area contributed by atoms with Crippen molar-refractivity contribution in [2.75, 3.05) is 0 Å². The van der Waals surface area contributed by atoms with E-state index >= 15 is 0 Å². The van der Waals surface area contributed by atoms with Crippen LogP contribution in [0.15, 0.2) is 69.9 Å². The van der Waals surface area contributed by atoms with E-state index in [0.717, 1.165) is 28.1 Å². The van der Waals surface area contributed by atoms with E-state index in [0.29, 0.717) is 27.2 Å². The van der Waals surface area contributed by atoms with Crippen molar-refractivity contribution < 1.29 is 0 Å². The monoisotopic (exact) mass is 446 g/mol. The van der Waals surface area contributed by atoms with Crippen LogP contribution in [0.5, 0.6) is 0 Å². The second-order valence-electron chi connectivity index (χ2n) is 6.24. The minimum Gasteiger partial charge on any atom is -0.286 e. The molecule has 0 fully saturated rings. The number of thiophene rings is 1. The van der Waals surface area contributed by atoms with Crippen LogP contribution in [0.3, 0.4) is 0 Å². The van der Waals surface area contributed by atoms with E-state index in [1.54, 1.807) is 4.57 Å². The van der Waals surface area contributed by atoms with Gasteiger partial charge in [-0.1, -0.05) is 65.3 Å². The van der Waals surface area contributed by atoms with Gasteiger partial charge in [-0.15, -0.1) is 11.3 Å². The molecule has 7 heteroatoms. The molecule has 0 aliphatic rings. The zero-order chi connectivity index (χ0) is 19.5. The number of halogens is 2. The highest BCUT2D eigenvalue weighted by Crippen LogP contribution is 2.27. The summed E-state index contributed by atoms with van der Waals surface area (Å²) in [6.07, 6.45) is 0.731. The smallest absolute Gasteiger partial charge is 0.272 e. The highest BCUT2D eigenvalue weighted by Gasteiger charge is 2.13. The summed E-state index contributed by atoms with van der Waals surface area (Å²) in [5, 5.41) is 4.05. The van der Waals surface area contributed by atoms with Gasteiger partial charge < -0.3 is 0 Å². The Morgan fingerprint density at radius 2 is 1.82 bits per heavy atom. The maximum atomic E-state index is 13.0. The Kier molecular flexibility index (Phi) is 6.07. The fraction of sp³-hybridized carbons (Fsp3) is 0.143. The van der Waals surface area contributed by atoms with Crippen LogP contribution in [-0.4, -0.2) is 9.55 Å². The molecule has 2 aromatic heterocycles. The van der Waals surface area contributed by atoms with E-state index in [4.69, 9.17) is 28.2 Å². The third kappa shape index (κ3) is 4.28. The third-order valence-corrected chi connectivity index (χ3v) is 6.92. The van der Waals surface area contributed by atoms with Gasteiger partial charge in [-0.25, -0.2) is 4.98 Å². The number of hydrogen-bond donors (Lipinski definition) is 0. The summed E-state index contributed by atoms with van der Waals surface area (Å²) in [6, 6.07) is 17.3. The number of thioether (sulfide) groups is 1. The fourth-order valence-corrected chi connectivity index (χ4v) is 5.10. The van der Waals surface area contributed by atoms with Gasteiger partial charge in [-0.3, -0.25) is 9.36 Å². The van der Waals surface area contributed by atoms with Crippen molar-refractivity contribution in [3.8, 4) is 0 Å². The van der Waals surface area contributed by atoms with Gasteiger partial charge in [0.25, 0.3) is 5.56 Å². The van der Waals surface area contributed by atoms with Crippen molar-refractivity contribution in [2.45, 2.75) is 23.9 Å². The molecule has 0 saturated carbocycles. The highest BCUT2D eigenvalue weighted by molar-refractivity contribution is 7.98. The zero-order valence-corrected chi connectivity index (χ0v) is 17.9. The molecule has 2 aromatic carbocycles. The van der Waals surface area contributed by atoms with E-state index in [9.17, 15) is 4.79 Å². The van der Waals surface area contributed by atoms with Crippen LogP contribution in [0.1, 0.15) is 11.1 Å². The first-order chi connectivity index (χ1) is 13.6. The number of aryl methyl sites for hydroxylation is 1. The first kappa shape index (κ1) is 19.5. The predicted octanol–water partition coefficient (Wildman–Crippen LogP) is 6.30. The lowest BCUT2D eigenvalue weighted by Gasteiger charge is -2.12. The lowest BCUT2D eigenvalue weighted by molar-refractivity contribution is 0.596. The molecular weight excluding hydrogens is 431 g/mol. The first-order valence-corrected chi connectivity index (χ1v) is 11.3. The minimum atomic E-state index is 0.00984. The molecule has 0 aliphatic heterocycles. The lowest BCUT2D eigenvalue weighted by atomic mass is 10.1. The average Bonchev–Trinajstić information content (AvgIpc) is 3.17. The number of benzene rings is 2. The Morgan fingerprint density at radius 3 is 2.61 bits per heavy atom. The Balaban J connectivity index is 1.64. The summed E-state index contributed by atoms with van der Waals surface area (Å²) < 4.78 is 2.47. The van der Waals surface area contributed by atoms with Crippen molar-refractivity contribution in [1.29, 1.82) is 0 Å². The van der Waals surface area contributed by atoms with Crippen molar-refractivity contribution >= 4 is 56.5 Å². The average molecular weight is 447 g/mol. The molecule has 0 unspecified atom stereocenters. The van der Waals surface area contributed by atoms with Gasteiger partial charge in [-0.05, 0) is 47.2 Å². The maximum absolute atomic E-state index is 13.0. The van der Waals surface area contributed by atoms with Gasteiger partial charge in [0, 0.05) is 22.3 Å². The Hall–Kier alpha value is -1.79. The normalized spacial score (nSPS) is 11.2. The molecule has 4 rings (SSSR count). The topological polar surface area (TPSA) is 34.9 Å². The van der Waals surface area contributed by atoms with E-state index in [-0.39, 0.29) is 5.56 Å². The van der Waals surface area contributed by atoms with Gasteiger partial charge in [0.2, 0.25) is 0 Å². The Labute approximate surface area is 181 Å². The second-order valence-corrected chi connectivity index (χ2v) is 8.94. The summed E-state index contributed by atoms with van der Waals surface area (Å²) in [6.45, 7) is 0.562. The van der Waals surface area contributed by atoms with Crippen LogP contribution in [-0.2, 0) is 18.7 Å². The molecule has 0 atom stereocenters. The number of rotatable bonds is 6. The summed E-state index contributed by atoms with van der Waals surface area (Å²) in [5.41, 5.74) is 2.91. The minimum absolute atomic E-state index is 0.00984. The number of fused-ring (bicyclic) bond motifs is 1. The van der Waals surface area contributed by atoms with Crippen LogP contribution in [0.4, 0.5) is 0 Å². The molecule has 0 spiro atoms. The zero-order valence-electron chi connectivity index (χ0n) is 14.8. The van der Waals surface area contributed by atoms with Crippen LogP contribution < -0.4 is 5.56 Å². The van der Waals surface area contributed by atoms with Gasteiger partial charge >= 0.3 is 0 Å². The highest BCUT2D eigenvalue weighted by atomic mass is 35.5. The Morgan fingerprint density at radius 1 is 1.04 bits per heavy atom. The van der Waals surface area contributed by atoms with Crippen LogP contribution in [0.25, 0.3) is 10.2 Å². The summed E-state index contributed by atoms with van der Waals surface area (Å²) in [5.74, 6) is 0.655. The second kappa shape index (κ2) is 8.70. The fourth-order valence-electron chi connectivity index (χ4n) is 2.88. The molecule has 0 N–H and O–H groups in total. The van der Waals surface area contributed by atoms with Crippen LogP contribution in [0, 0.1) is 0 Å². The number of nitrogens with zero attached hydrogens (tertiary/aromatic N) is 2. The predicted molar refractivity (Wildman–Crippen MR) is 120 cm³/mol. The van der Waals surface area contributed by atoms with Crippen molar-refractivity contribution in [1.82, 2.24) is 9.55 Å². The van der Waals surface area contributed by atoms with E-state index in [1.807, 2.05) is 60.0 Å². The summed E-state index contributed by atoms with van der Waals surface area (Å²) in [4.78, 5) is 17.8. The van der Waals surface area contributed by atoms with Gasteiger partial charge in [0.1, 0.15) is 4.70 Å². The van der Waals surface area contributed by atoms with Crippen LogP contribution >= 0.6 is 46.3 Å². The number of aromatic nitrogens is 2. The molecule has 28 heavy (non-hydrogen) atoms.